The molecule has 0 unspecified atom stereocenters. The molecule has 0 saturated heterocycles. The van der Waals surface area contributed by atoms with E-state index in [9.17, 15) is 0 Å². The number of para-hydroxylation sites is 1. The van der Waals surface area contributed by atoms with Crippen molar-refractivity contribution >= 4 is 12.2 Å². The maximum atomic E-state index is 5.76. The summed E-state index contributed by atoms with van der Waals surface area (Å²) in [6, 6.07) is 7.96. The summed E-state index contributed by atoms with van der Waals surface area (Å²) in [5.74, 6) is 0.874. The third-order valence-electron chi connectivity index (χ3n) is 2.70. The van der Waals surface area contributed by atoms with E-state index >= 15 is 0 Å². The van der Waals surface area contributed by atoms with Crippen molar-refractivity contribution in [1.29, 1.82) is 0 Å². The summed E-state index contributed by atoms with van der Waals surface area (Å²) in [4.78, 5) is 7.23. The van der Waals surface area contributed by atoms with Crippen molar-refractivity contribution in [3.63, 3.8) is 0 Å². The summed E-state index contributed by atoms with van der Waals surface area (Å²) < 4.78 is 6.38. The van der Waals surface area contributed by atoms with Gasteiger partial charge in [-0.1, -0.05) is 31.3 Å². The van der Waals surface area contributed by atoms with Gasteiger partial charge >= 0.3 is 0 Å². The summed E-state index contributed by atoms with van der Waals surface area (Å²) >= 11 is 5.20. The predicted molar refractivity (Wildman–Crippen MR) is 75.4 cm³/mol. The second-order valence-corrected chi connectivity index (χ2v) is 4.44. The minimum atomic E-state index is 0.619. The Kier molecular flexibility index (Phi) is 4.10. The Hall–Kier alpha value is -1.68. The number of hydrogen-bond acceptors (Lipinski definition) is 3. The molecule has 0 aliphatic carbocycles. The molecule has 1 N–H and O–H groups in total. The second-order valence-electron chi connectivity index (χ2n) is 4.05. The number of aromatic amines is 1. The number of ether oxygens (including phenoxy) is 1. The van der Waals surface area contributed by atoms with E-state index in [-0.39, 0.29) is 0 Å². The number of nitrogens with zero attached hydrogens (tertiary/aromatic N) is 1. The van der Waals surface area contributed by atoms with Crippen molar-refractivity contribution in [3.05, 3.63) is 40.8 Å². The van der Waals surface area contributed by atoms with E-state index in [2.05, 4.69) is 16.9 Å². The first-order chi connectivity index (χ1) is 8.74. The van der Waals surface area contributed by atoms with Crippen LogP contribution in [0.2, 0.25) is 0 Å². The molecule has 0 radical (unpaired) electrons. The fraction of sp³-hybridized carbons (Fsp3) is 0.286. The third kappa shape index (κ3) is 2.59. The third-order valence-corrected chi connectivity index (χ3v) is 3.12. The fourth-order valence-electron chi connectivity index (χ4n) is 1.76. The zero-order chi connectivity index (χ0) is 13.0. The van der Waals surface area contributed by atoms with Crippen LogP contribution in [0, 0.1) is 11.6 Å². The first kappa shape index (κ1) is 12.8. The molecule has 0 saturated carbocycles. The predicted octanol–water partition coefficient (Wildman–Crippen LogP) is 3.90. The molecule has 0 bridgehead atoms. The summed E-state index contributed by atoms with van der Waals surface area (Å²) in [7, 11) is 0. The van der Waals surface area contributed by atoms with E-state index in [4.69, 9.17) is 17.0 Å². The van der Waals surface area contributed by atoms with Crippen molar-refractivity contribution < 1.29 is 4.74 Å². The van der Waals surface area contributed by atoms with Crippen LogP contribution in [0.4, 0.5) is 0 Å². The Morgan fingerprint density at radius 2 is 2.11 bits per heavy atom. The highest BCUT2D eigenvalue weighted by Gasteiger charge is 2.09. The van der Waals surface area contributed by atoms with Gasteiger partial charge in [0.2, 0.25) is 0 Å². The van der Waals surface area contributed by atoms with Crippen LogP contribution in [-0.2, 0) is 0 Å². The highest BCUT2D eigenvalue weighted by molar-refractivity contribution is 7.71. The van der Waals surface area contributed by atoms with E-state index in [0.29, 0.717) is 11.2 Å². The van der Waals surface area contributed by atoms with Crippen LogP contribution in [0.1, 0.15) is 18.9 Å². The van der Waals surface area contributed by atoms with Gasteiger partial charge < -0.3 is 9.72 Å². The normalized spacial score (nSPS) is 10.3. The van der Waals surface area contributed by atoms with Crippen molar-refractivity contribution in [2.24, 2.45) is 0 Å². The first-order valence-electron chi connectivity index (χ1n) is 6.00. The lowest BCUT2D eigenvalue weighted by Gasteiger charge is -2.12. The van der Waals surface area contributed by atoms with Gasteiger partial charge in [0.15, 0.2) is 0 Å². The van der Waals surface area contributed by atoms with Crippen LogP contribution in [0.25, 0.3) is 11.3 Å². The molecule has 4 heteroatoms. The Balaban J connectivity index is 2.50. The van der Waals surface area contributed by atoms with Crippen LogP contribution in [0.15, 0.2) is 30.6 Å². The molecule has 94 valence electrons. The number of nitrogens with one attached hydrogen (secondary N) is 1. The van der Waals surface area contributed by atoms with Gasteiger partial charge in [-0.25, -0.2) is 4.98 Å². The summed E-state index contributed by atoms with van der Waals surface area (Å²) in [5.41, 5.74) is 2.97. The van der Waals surface area contributed by atoms with E-state index in [0.717, 1.165) is 29.0 Å². The summed E-state index contributed by atoms with van der Waals surface area (Å²) in [6.45, 7) is 4.77. The minimum Gasteiger partial charge on any atom is -0.493 e. The molecule has 0 atom stereocenters. The quantitative estimate of drug-likeness (QED) is 0.847. The smallest absolute Gasteiger partial charge is 0.132 e. The minimum absolute atomic E-state index is 0.619. The maximum Gasteiger partial charge on any atom is 0.132 e. The average Bonchev–Trinajstić information content (AvgIpc) is 2.40. The zero-order valence-corrected chi connectivity index (χ0v) is 11.4. The highest BCUT2D eigenvalue weighted by Crippen LogP contribution is 2.30. The molecule has 0 spiro atoms. The number of benzene rings is 1. The van der Waals surface area contributed by atoms with Gasteiger partial charge in [0.25, 0.3) is 0 Å². The van der Waals surface area contributed by atoms with E-state index in [1.165, 1.54) is 0 Å². The van der Waals surface area contributed by atoms with Crippen LogP contribution in [-0.4, -0.2) is 16.6 Å². The number of hydrogen-bond donors (Lipinski definition) is 1. The van der Waals surface area contributed by atoms with Gasteiger partial charge in [-0.3, -0.25) is 0 Å². The fourth-order valence-corrected chi connectivity index (χ4v) is 1.91. The number of rotatable bonds is 4. The van der Waals surface area contributed by atoms with Crippen molar-refractivity contribution in [2.75, 3.05) is 6.61 Å². The van der Waals surface area contributed by atoms with Gasteiger partial charge in [0.1, 0.15) is 10.4 Å². The first-order valence-corrected chi connectivity index (χ1v) is 6.41. The lowest BCUT2D eigenvalue weighted by molar-refractivity contribution is 0.318. The lowest BCUT2D eigenvalue weighted by Crippen LogP contribution is -1.99. The molecule has 2 aromatic rings. The molecule has 1 aromatic carbocycles. The lowest BCUT2D eigenvalue weighted by atomic mass is 10.1. The van der Waals surface area contributed by atoms with Crippen molar-refractivity contribution in [2.45, 2.75) is 20.3 Å². The van der Waals surface area contributed by atoms with Crippen LogP contribution < -0.4 is 4.74 Å². The van der Waals surface area contributed by atoms with E-state index in [1.807, 2.05) is 31.2 Å². The monoisotopic (exact) mass is 260 g/mol. The molecule has 1 aromatic heterocycles. The SMILES string of the molecule is CCCOc1ccccc1-c1[nH]cnc(=S)c1C. The van der Waals surface area contributed by atoms with Gasteiger partial charge in [0, 0.05) is 11.1 Å². The number of aromatic nitrogens is 2. The zero-order valence-electron chi connectivity index (χ0n) is 10.6. The van der Waals surface area contributed by atoms with Crippen molar-refractivity contribution in [3.8, 4) is 17.0 Å². The molecule has 3 nitrogen and oxygen atoms in total. The molecule has 0 aliphatic heterocycles. The van der Waals surface area contributed by atoms with Gasteiger partial charge in [-0.2, -0.15) is 0 Å². The molecule has 0 aliphatic rings. The van der Waals surface area contributed by atoms with Gasteiger partial charge in [-0.05, 0) is 25.5 Å². The Morgan fingerprint density at radius 3 is 2.89 bits per heavy atom. The van der Waals surface area contributed by atoms with Crippen LogP contribution in [0.3, 0.4) is 0 Å². The summed E-state index contributed by atoms with van der Waals surface area (Å²) in [6.07, 6.45) is 2.61. The van der Waals surface area contributed by atoms with Crippen LogP contribution in [0.5, 0.6) is 5.75 Å². The Labute approximate surface area is 112 Å². The highest BCUT2D eigenvalue weighted by atomic mass is 32.1. The van der Waals surface area contributed by atoms with Gasteiger partial charge in [0.05, 0.1) is 18.6 Å². The topological polar surface area (TPSA) is 37.9 Å². The van der Waals surface area contributed by atoms with Crippen molar-refractivity contribution in [1.82, 2.24) is 9.97 Å². The molecule has 1 heterocycles. The molecule has 18 heavy (non-hydrogen) atoms. The Morgan fingerprint density at radius 1 is 1.33 bits per heavy atom. The Bertz CT molecular complexity index is 592. The number of H-pyrrole nitrogens is 1. The molecule has 2 rings (SSSR count). The molecular formula is C14H16N2OS. The second kappa shape index (κ2) is 5.78. The average molecular weight is 260 g/mol. The van der Waals surface area contributed by atoms with Gasteiger partial charge in [-0.15, -0.1) is 0 Å². The summed E-state index contributed by atoms with van der Waals surface area (Å²) in [5, 5.41) is 0. The molecular weight excluding hydrogens is 244 g/mol. The largest absolute Gasteiger partial charge is 0.493 e. The van der Waals surface area contributed by atoms with E-state index < -0.39 is 0 Å². The van der Waals surface area contributed by atoms with Crippen LogP contribution >= 0.6 is 12.2 Å². The maximum absolute atomic E-state index is 5.76. The standard InChI is InChI=1S/C14H16N2OS/c1-3-8-17-12-7-5-4-6-11(12)13-10(2)14(18)16-9-15-13/h4-7,9H,3,8H2,1-2H3,(H,15,16,18). The molecule has 0 fully saturated rings. The molecule has 0 amide bonds. The van der Waals surface area contributed by atoms with E-state index in [1.54, 1.807) is 6.33 Å².